The van der Waals surface area contributed by atoms with E-state index in [0.29, 0.717) is 12.0 Å². The van der Waals surface area contributed by atoms with E-state index in [-0.39, 0.29) is 0 Å². The minimum absolute atomic E-state index is 0.578. The topological polar surface area (TPSA) is 24.1 Å². The first kappa shape index (κ1) is 18.6. The van der Waals surface area contributed by atoms with Crippen molar-refractivity contribution >= 4 is 0 Å². The summed E-state index contributed by atoms with van der Waals surface area (Å²) in [5.74, 6) is 1.50. The molecule has 0 amide bonds. The van der Waals surface area contributed by atoms with E-state index in [2.05, 4.69) is 22.8 Å². The molecule has 2 N–H and O–H groups in total. The van der Waals surface area contributed by atoms with Crippen molar-refractivity contribution < 1.29 is 0 Å². The maximum absolute atomic E-state index is 4.06. The Hall–Kier alpha value is -0.760. The minimum atomic E-state index is 0.578. The molecule has 1 aliphatic heterocycles. The van der Waals surface area contributed by atoms with E-state index in [1.54, 1.807) is 11.3 Å². The van der Waals surface area contributed by atoms with Gasteiger partial charge in [-0.2, -0.15) is 0 Å². The zero-order valence-corrected chi connectivity index (χ0v) is 16.8. The second kappa shape index (κ2) is 9.44. The van der Waals surface area contributed by atoms with Crippen LogP contribution in [-0.2, 0) is 0 Å². The molecule has 0 spiro atoms. The lowest BCUT2D eigenvalue weighted by Crippen LogP contribution is -2.42. The van der Waals surface area contributed by atoms with Crippen LogP contribution >= 0.6 is 0 Å². The predicted octanol–water partition coefficient (Wildman–Crippen LogP) is 5.85. The molecule has 26 heavy (non-hydrogen) atoms. The van der Waals surface area contributed by atoms with E-state index >= 15 is 0 Å². The van der Waals surface area contributed by atoms with Gasteiger partial charge in [0.25, 0.3) is 0 Å². The van der Waals surface area contributed by atoms with Crippen molar-refractivity contribution in [3.63, 3.8) is 0 Å². The molecule has 2 heteroatoms. The highest BCUT2D eigenvalue weighted by molar-refractivity contribution is 5.35. The fourth-order valence-electron chi connectivity index (χ4n) is 5.82. The Bertz CT molecular complexity index is 492. The van der Waals surface area contributed by atoms with Crippen LogP contribution in [0.1, 0.15) is 96.3 Å². The molecule has 0 aromatic rings. The molecule has 2 saturated carbocycles. The van der Waals surface area contributed by atoms with Crippen molar-refractivity contribution in [2.24, 2.45) is 11.8 Å². The standard InChI is InChI=1S/C24H40N2/c1-2-5-11-19(12-6-3-1)20-17-23-22(15-9-10-16-25-23)24(18-20)26-21-13-7-4-8-14-21/h17-19,21-23,25-26H,1-16H2. The molecular formula is C24H40N2. The lowest BCUT2D eigenvalue weighted by Gasteiger charge is -2.36. The Balaban J connectivity index is 1.53. The van der Waals surface area contributed by atoms with Crippen LogP contribution in [0.15, 0.2) is 23.4 Å². The Kier molecular flexibility index (Phi) is 6.75. The highest BCUT2D eigenvalue weighted by Crippen LogP contribution is 2.36. The van der Waals surface area contributed by atoms with Crippen LogP contribution in [0.2, 0.25) is 0 Å². The monoisotopic (exact) mass is 356 g/mol. The first-order valence-corrected chi connectivity index (χ1v) is 11.8. The summed E-state index contributed by atoms with van der Waals surface area (Å²) >= 11 is 0. The van der Waals surface area contributed by atoms with Crippen LogP contribution in [0.3, 0.4) is 0 Å². The van der Waals surface area contributed by atoms with Gasteiger partial charge in [0.05, 0.1) is 0 Å². The molecule has 1 heterocycles. The number of hydrogen-bond donors (Lipinski definition) is 2. The van der Waals surface area contributed by atoms with Crippen LogP contribution in [0.25, 0.3) is 0 Å². The van der Waals surface area contributed by atoms with Gasteiger partial charge in [0.2, 0.25) is 0 Å². The van der Waals surface area contributed by atoms with Gasteiger partial charge in [-0.15, -0.1) is 0 Å². The molecule has 0 aromatic carbocycles. The van der Waals surface area contributed by atoms with E-state index in [1.165, 1.54) is 103 Å². The van der Waals surface area contributed by atoms with E-state index < -0.39 is 0 Å². The van der Waals surface area contributed by atoms with Crippen molar-refractivity contribution in [3.8, 4) is 0 Å². The third kappa shape index (κ3) is 4.74. The zero-order valence-electron chi connectivity index (χ0n) is 16.8. The number of hydrogen-bond acceptors (Lipinski definition) is 2. The Morgan fingerprint density at radius 2 is 1.38 bits per heavy atom. The fourth-order valence-corrected chi connectivity index (χ4v) is 5.82. The Morgan fingerprint density at radius 1 is 0.731 bits per heavy atom. The van der Waals surface area contributed by atoms with E-state index in [1.807, 2.05) is 0 Å². The maximum atomic E-state index is 4.06. The van der Waals surface area contributed by atoms with E-state index in [4.69, 9.17) is 0 Å². The second-order valence-electron chi connectivity index (χ2n) is 9.37. The van der Waals surface area contributed by atoms with Crippen molar-refractivity contribution in [2.45, 2.75) is 108 Å². The fraction of sp³-hybridized carbons (Fsp3) is 0.833. The molecule has 4 rings (SSSR count). The van der Waals surface area contributed by atoms with Crippen molar-refractivity contribution in [1.29, 1.82) is 0 Å². The molecule has 2 atom stereocenters. The highest BCUT2D eigenvalue weighted by atomic mass is 15.0. The minimum Gasteiger partial charge on any atom is -0.385 e. The van der Waals surface area contributed by atoms with Gasteiger partial charge in [0, 0.05) is 23.7 Å². The van der Waals surface area contributed by atoms with E-state index in [9.17, 15) is 0 Å². The maximum Gasteiger partial charge on any atom is 0.0338 e. The summed E-state index contributed by atoms with van der Waals surface area (Å²) < 4.78 is 0. The van der Waals surface area contributed by atoms with Crippen LogP contribution in [0.4, 0.5) is 0 Å². The molecule has 3 fully saturated rings. The quantitative estimate of drug-likeness (QED) is 0.662. The summed E-state index contributed by atoms with van der Waals surface area (Å²) in [7, 11) is 0. The second-order valence-corrected chi connectivity index (χ2v) is 9.37. The average Bonchev–Trinajstić information content (AvgIpc) is 2.88. The van der Waals surface area contributed by atoms with Crippen molar-refractivity contribution in [2.75, 3.05) is 6.54 Å². The summed E-state index contributed by atoms with van der Waals surface area (Å²) in [5, 5.41) is 7.95. The summed E-state index contributed by atoms with van der Waals surface area (Å²) in [6.07, 6.45) is 26.4. The largest absolute Gasteiger partial charge is 0.385 e. The summed E-state index contributed by atoms with van der Waals surface area (Å²) in [5.41, 5.74) is 3.26. The number of nitrogens with one attached hydrogen (secondary N) is 2. The molecule has 4 aliphatic rings. The first-order chi connectivity index (χ1) is 12.9. The summed E-state index contributed by atoms with van der Waals surface area (Å²) in [6, 6.07) is 1.31. The molecule has 0 aromatic heterocycles. The summed E-state index contributed by atoms with van der Waals surface area (Å²) in [6.45, 7) is 1.20. The van der Waals surface area contributed by atoms with Gasteiger partial charge in [0.15, 0.2) is 0 Å². The lowest BCUT2D eigenvalue weighted by atomic mass is 9.78. The van der Waals surface area contributed by atoms with Gasteiger partial charge in [-0.05, 0) is 62.6 Å². The first-order valence-electron chi connectivity index (χ1n) is 11.8. The van der Waals surface area contributed by atoms with Gasteiger partial charge in [-0.3, -0.25) is 0 Å². The number of allylic oxidation sites excluding steroid dienone is 2. The molecule has 0 radical (unpaired) electrons. The summed E-state index contributed by atoms with van der Waals surface area (Å²) in [4.78, 5) is 0. The van der Waals surface area contributed by atoms with Crippen molar-refractivity contribution in [3.05, 3.63) is 23.4 Å². The van der Waals surface area contributed by atoms with Crippen LogP contribution in [-0.4, -0.2) is 18.6 Å². The molecule has 1 saturated heterocycles. The smallest absolute Gasteiger partial charge is 0.0338 e. The third-order valence-electron chi connectivity index (χ3n) is 7.40. The molecular weight excluding hydrogens is 316 g/mol. The van der Waals surface area contributed by atoms with Gasteiger partial charge in [-0.25, -0.2) is 0 Å². The number of fused-ring (bicyclic) bond motifs is 1. The SMILES string of the molecule is C1=C(C2CCCCCCC2)C=C(NC2CCCCC2)C2CCCCNC12. The molecule has 146 valence electrons. The third-order valence-corrected chi connectivity index (χ3v) is 7.40. The number of rotatable bonds is 3. The zero-order chi connectivity index (χ0) is 17.6. The van der Waals surface area contributed by atoms with Crippen LogP contribution in [0, 0.1) is 11.8 Å². The van der Waals surface area contributed by atoms with E-state index in [0.717, 1.165) is 12.0 Å². The normalized spacial score (nSPS) is 32.5. The molecule has 0 bridgehead atoms. The molecule has 2 unspecified atom stereocenters. The van der Waals surface area contributed by atoms with Gasteiger partial charge in [-0.1, -0.05) is 63.9 Å². The van der Waals surface area contributed by atoms with Crippen LogP contribution in [0.5, 0.6) is 0 Å². The highest BCUT2D eigenvalue weighted by Gasteiger charge is 2.31. The van der Waals surface area contributed by atoms with Gasteiger partial charge >= 0.3 is 0 Å². The van der Waals surface area contributed by atoms with Gasteiger partial charge in [0.1, 0.15) is 0 Å². The molecule has 3 aliphatic carbocycles. The predicted molar refractivity (Wildman–Crippen MR) is 111 cm³/mol. The molecule has 2 nitrogen and oxygen atoms in total. The lowest BCUT2D eigenvalue weighted by molar-refractivity contribution is 0.354. The Labute approximate surface area is 161 Å². The Morgan fingerprint density at radius 3 is 2.19 bits per heavy atom. The average molecular weight is 357 g/mol. The van der Waals surface area contributed by atoms with Crippen LogP contribution < -0.4 is 10.6 Å². The van der Waals surface area contributed by atoms with Gasteiger partial charge < -0.3 is 10.6 Å². The van der Waals surface area contributed by atoms with Crippen molar-refractivity contribution in [1.82, 2.24) is 10.6 Å².